The minimum atomic E-state index is -0.855. The Labute approximate surface area is 188 Å². The fourth-order valence-corrected chi connectivity index (χ4v) is 5.36. The molecule has 1 aromatic carbocycles. The number of hydrogen-bond donors (Lipinski definition) is 1. The molecule has 0 unspecified atom stereocenters. The zero-order chi connectivity index (χ0) is 20.4. The number of hydrogen-bond acceptors (Lipinski definition) is 3. The van der Waals surface area contributed by atoms with Gasteiger partial charge in [0.1, 0.15) is 15.0 Å². The Kier molecular flexibility index (Phi) is 6.24. The van der Waals surface area contributed by atoms with Gasteiger partial charge in [0, 0.05) is 31.4 Å². The highest BCUT2D eigenvalue weighted by molar-refractivity contribution is 14.1. The van der Waals surface area contributed by atoms with Gasteiger partial charge in [-0.25, -0.2) is 14.8 Å². The van der Waals surface area contributed by atoms with E-state index in [-0.39, 0.29) is 0 Å². The van der Waals surface area contributed by atoms with Crippen molar-refractivity contribution in [2.75, 3.05) is 6.54 Å². The van der Waals surface area contributed by atoms with Gasteiger partial charge in [0.25, 0.3) is 0 Å². The van der Waals surface area contributed by atoms with Crippen LogP contribution < -0.4 is 0 Å². The molecule has 1 N–H and O–H groups in total. The van der Waals surface area contributed by atoms with Gasteiger partial charge in [-0.05, 0) is 59.8 Å². The van der Waals surface area contributed by atoms with Gasteiger partial charge in [-0.1, -0.05) is 41.9 Å². The Morgan fingerprint density at radius 3 is 2.66 bits per heavy atom. The van der Waals surface area contributed by atoms with Gasteiger partial charge >= 0.3 is 6.09 Å². The molecule has 4 rings (SSSR count). The normalized spacial score (nSPS) is 19.4. The van der Waals surface area contributed by atoms with E-state index < -0.39 is 6.09 Å². The Morgan fingerprint density at radius 1 is 1.24 bits per heavy atom. The quantitative estimate of drug-likeness (QED) is 0.451. The van der Waals surface area contributed by atoms with Crippen LogP contribution in [0.2, 0.25) is 5.15 Å². The molecular formula is C21H22ClIN4O2. The van der Waals surface area contributed by atoms with Gasteiger partial charge in [-0.3, -0.25) is 4.40 Å². The summed E-state index contributed by atoms with van der Waals surface area (Å²) in [5.41, 5.74) is 1.89. The number of halogens is 2. The maximum Gasteiger partial charge on any atom is 0.407 e. The molecule has 0 bridgehead atoms. The van der Waals surface area contributed by atoms with Crippen LogP contribution in [0.1, 0.15) is 43.0 Å². The Hall–Kier alpha value is -1.87. The van der Waals surface area contributed by atoms with E-state index in [0.29, 0.717) is 30.1 Å². The van der Waals surface area contributed by atoms with Gasteiger partial charge in [0.2, 0.25) is 0 Å². The monoisotopic (exact) mass is 524 g/mol. The van der Waals surface area contributed by atoms with Crippen LogP contribution in [0.4, 0.5) is 4.79 Å². The zero-order valence-electron chi connectivity index (χ0n) is 15.8. The van der Waals surface area contributed by atoms with E-state index >= 15 is 0 Å². The number of carbonyl (C=O) groups is 1. The summed E-state index contributed by atoms with van der Waals surface area (Å²) in [6.45, 7) is 1.01. The number of benzene rings is 1. The lowest BCUT2D eigenvalue weighted by Crippen LogP contribution is -2.35. The molecule has 1 amide bonds. The second kappa shape index (κ2) is 8.87. The molecule has 1 aliphatic rings. The van der Waals surface area contributed by atoms with E-state index in [1.165, 1.54) is 0 Å². The van der Waals surface area contributed by atoms with Crippen molar-refractivity contribution < 1.29 is 9.90 Å². The van der Waals surface area contributed by atoms with Gasteiger partial charge in [-0.2, -0.15) is 0 Å². The summed E-state index contributed by atoms with van der Waals surface area (Å²) in [6.07, 6.45) is 6.76. The summed E-state index contributed by atoms with van der Waals surface area (Å²) in [6, 6.07) is 9.77. The van der Waals surface area contributed by atoms with Crippen LogP contribution >= 0.6 is 34.2 Å². The summed E-state index contributed by atoms with van der Waals surface area (Å²) >= 11 is 8.46. The number of nitrogens with zero attached hydrogens (tertiary/aromatic N) is 4. The van der Waals surface area contributed by atoms with Crippen molar-refractivity contribution in [3.8, 4) is 0 Å². The fraction of sp³-hybridized carbons (Fsp3) is 0.381. The number of aromatic nitrogens is 3. The molecular weight excluding hydrogens is 503 g/mol. The third-order valence-electron chi connectivity index (χ3n) is 5.67. The largest absolute Gasteiger partial charge is 0.465 e. The van der Waals surface area contributed by atoms with Crippen LogP contribution in [0.3, 0.4) is 0 Å². The minimum absolute atomic E-state index is 0.355. The van der Waals surface area contributed by atoms with Gasteiger partial charge in [0.05, 0.1) is 0 Å². The topological polar surface area (TPSA) is 70.7 Å². The van der Waals surface area contributed by atoms with Gasteiger partial charge in [0.15, 0.2) is 5.15 Å². The third kappa shape index (κ3) is 4.50. The summed E-state index contributed by atoms with van der Waals surface area (Å²) < 4.78 is 2.93. The van der Waals surface area contributed by atoms with Crippen molar-refractivity contribution in [1.29, 1.82) is 0 Å². The predicted molar refractivity (Wildman–Crippen MR) is 120 cm³/mol. The molecule has 2 heterocycles. The number of carboxylic acid groups (broad SMARTS) is 1. The maximum absolute atomic E-state index is 11.7. The third-order valence-corrected chi connectivity index (χ3v) is 6.70. The van der Waals surface area contributed by atoms with E-state index in [4.69, 9.17) is 16.6 Å². The molecule has 0 radical (unpaired) electrons. The van der Waals surface area contributed by atoms with Crippen molar-refractivity contribution in [3.63, 3.8) is 0 Å². The van der Waals surface area contributed by atoms with E-state index in [1.54, 1.807) is 11.1 Å². The Bertz CT molecular complexity index is 1000. The van der Waals surface area contributed by atoms with Crippen LogP contribution in [0.5, 0.6) is 0 Å². The Balaban J connectivity index is 1.42. The molecule has 0 saturated heterocycles. The van der Waals surface area contributed by atoms with Crippen LogP contribution in [-0.2, 0) is 6.54 Å². The zero-order valence-corrected chi connectivity index (χ0v) is 18.8. The highest BCUT2D eigenvalue weighted by atomic mass is 127. The van der Waals surface area contributed by atoms with Crippen molar-refractivity contribution in [1.82, 2.24) is 19.3 Å². The fourth-order valence-electron chi connectivity index (χ4n) is 4.20. The molecule has 1 fully saturated rings. The minimum Gasteiger partial charge on any atom is -0.465 e. The second-order valence-corrected chi connectivity index (χ2v) is 8.94. The van der Waals surface area contributed by atoms with Crippen LogP contribution in [0.15, 0.2) is 42.7 Å². The molecule has 3 aromatic rings. The smallest absolute Gasteiger partial charge is 0.407 e. The second-order valence-electron chi connectivity index (χ2n) is 7.56. The number of amides is 1. The molecule has 1 aliphatic carbocycles. The average Bonchev–Trinajstić information content (AvgIpc) is 3.06. The first kappa shape index (κ1) is 20.4. The van der Waals surface area contributed by atoms with Crippen LogP contribution in [0, 0.1) is 9.62 Å². The molecule has 0 spiro atoms. The molecule has 1 saturated carbocycles. The standard InChI is InChI=1S/C21H22ClIN4O2/c22-18-17-19(23)25-20(27(17)11-10-24-18)16-8-6-15(7-9-16)13-26(21(28)29)12-14-4-2-1-3-5-14/h1-5,10-11,15-16H,6-9,12-13H2,(H,28,29)/t15-,16-. The van der Waals surface area contributed by atoms with E-state index in [2.05, 4.69) is 32.0 Å². The van der Waals surface area contributed by atoms with Crippen molar-refractivity contribution >= 4 is 45.8 Å². The lowest BCUT2D eigenvalue weighted by atomic mass is 9.81. The van der Waals surface area contributed by atoms with Gasteiger partial charge in [-0.15, -0.1) is 0 Å². The van der Waals surface area contributed by atoms with E-state index in [1.807, 2.05) is 36.5 Å². The molecule has 0 aliphatic heterocycles. The first-order valence-electron chi connectivity index (χ1n) is 9.72. The molecule has 6 nitrogen and oxygen atoms in total. The number of fused-ring (bicyclic) bond motifs is 1. The Morgan fingerprint density at radius 2 is 1.97 bits per heavy atom. The maximum atomic E-state index is 11.7. The van der Waals surface area contributed by atoms with Crippen LogP contribution in [0.25, 0.3) is 5.52 Å². The highest BCUT2D eigenvalue weighted by Crippen LogP contribution is 2.37. The highest BCUT2D eigenvalue weighted by Gasteiger charge is 2.28. The predicted octanol–water partition coefficient (Wildman–Crippen LogP) is 5.44. The SMILES string of the molecule is O=C(O)N(Cc1ccccc1)C[C@H]1CC[C@H](c2nc(I)c3c(Cl)nccn32)CC1. The van der Waals surface area contributed by atoms with Crippen molar-refractivity contribution in [2.24, 2.45) is 5.92 Å². The first-order chi connectivity index (χ1) is 14.0. The summed E-state index contributed by atoms with van der Waals surface area (Å²) in [5, 5.41) is 10.1. The molecule has 152 valence electrons. The van der Waals surface area contributed by atoms with Crippen molar-refractivity contribution in [3.05, 3.63) is 63.0 Å². The lowest BCUT2D eigenvalue weighted by Gasteiger charge is -2.31. The lowest BCUT2D eigenvalue weighted by molar-refractivity contribution is 0.126. The first-order valence-corrected chi connectivity index (χ1v) is 11.2. The molecule has 0 atom stereocenters. The summed E-state index contributed by atoms with van der Waals surface area (Å²) in [4.78, 5) is 22.2. The van der Waals surface area contributed by atoms with Crippen molar-refractivity contribution in [2.45, 2.75) is 38.1 Å². The molecule has 29 heavy (non-hydrogen) atoms. The van der Waals surface area contributed by atoms with Crippen LogP contribution in [-0.4, -0.2) is 37.0 Å². The average molecular weight is 525 g/mol. The number of rotatable bonds is 5. The van der Waals surface area contributed by atoms with E-state index in [9.17, 15) is 9.90 Å². The van der Waals surface area contributed by atoms with E-state index in [0.717, 1.165) is 46.3 Å². The molecule has 8 heteroatoms. The summed E-state index contributed by atoms with van der Waals surface area (Å²) in [5.74, 6) is 1.77. The summed E-state index contributed by atoms with van der Waals surface area (Å²) in [7, 11) is 0. The molecule has 2 aromatic heterocycles. The van der Waals surface area contributed by atoms with Gasteiger partial charge < -0.3 is 10.0 Å². The number of imidazole rings is 1.